The predicted octanol–water partition coefficient (Wildman–Crippen LogP) is 9.05. The van der Waals surface area contributed by atoms with Gasteiger partial charge >= 0.3 is 0 Å². The highest BCUT2D eigenvalue weighted by atomic mass is 16.5. The summed E-state index contributed by atoms with van der Waals surface area (Å²) in [5.74, 6) is 0. The molecule has 0 heterocycles. The van der Waals surface area contributed by atoms with Gasteiger partial charge in [0.1, 0.15) is 5.60 Å². The molecule has 1 aliphatic rings. The molecule has 0 amide bonds. The Morgan fingerprint density at radius 3 is 1.42 bits per heavy atom. The maximum atomic E-state index is 6.99. The van der Waals surface area contributed by atoms with Crippen molar-refractivity contribution >= 4 is 16.7 Å². The van der Waals surface area contributed by atoms with E-state index in [4.69, 9.17) is 4.74 Å². The Morgan fingerprint density at radius 2 is 0.947 bits per heavy atom. The van der Waals surface area contributed by atoms with Crippen LogP contribution in [0.2, 0.25) is 0 Å². The number of benzene rings is 5. The van der Waals surface area contributed by atoms with Crippen LogP contribution in [0.5, 0.6) is 0 Å². The Morgan fingerprint density at radius 1 is 0.526 bits per heavy atom. The van der Waals surface area contributed by atoms with Gasteiger partial charge in [0, 0.05) is 17.8 Å². The van der Waals surface area contributed by atoms with E-state index >= 15 is 0 Å². The van der Waals surface area contributed by atoms with E-state index in [9.17, 15) is 0 Å². The molecule has 1 heteroatoms. The maximum absolute atomic E-state index is 6.99. The van der Waals surface area contributed by atoms with Crippen LogP contribution in [0.4, 0.5) is 0 Å². The molecule has 0 saturated carbocycles. The van der Waals surface area contributed by atoms with Gasteiger partial charge in [0.15, 0.2) is 0 Å². The van der Waals surface area contributed by atoms with E-state index in [0.29, 0.717) is 6.61 Å². The van der Waals surface area contributed by atoms with Gasteiger partial charge in [0.2, 0.25) is 0 Å². The van der Waals surface area contributed by atoms with Gasteiger partial charge in [-0.15, -0.1) is 0 Å². The van der Waals surface area contributed by atoms with E-state index < -0.39 is 5.60 Å². The van der Waals surface area contributed by atoms with Crippen LogP contribution in [-0.4, -0.2) is 6.61 Å². The van der Waals surface area contributed by atoms with E-state index in [1.807, 2.05) is 0 Å². The van der Waals surface area contributed by atoms with Crippen molar-refractivity contribution in [2.45, 2.75) is 12.5 Å². The standard InChI is InChI=1S/C37H30O/c1-2-38-37(32-26-16-7-17-27-32)35(31-24-14-6-15-25-31)34(30-22-12-5-13-23-30)36(37)33(28-18-8-3-9-19-28)29-20-10-4-11-21-29/h3-27H,2H2,1H3/t37-/m0/s1. The van der Waals surface area contributed by atoms with Gasteiger partial charge < -0.3 is 4.74 Å². The lowest BCUT2D eigenvalue weighted by atomic mass is 9.58. The van der Waals surface area contributed by atoms with Crippen LogP contribution in [0.1, 0.15) is 34.7 Å². The minimum Gasteiger partial charge on any atom is -0.361 e. The second kappa shape index (κ2) is 10.5. The molecule has 0 aliphatic heterocycles. The second-order valence-corrected chi connectivity index (χ2v) is 9.44. The molecule has 0 saturated heterocycles. The Bertz CT molecular complexity index is 1530. The van der Waals surface area contributed by atoms with Crippen LogP contribution in [0.15, 0.2) is 157 Å². The van der Waals surface area contributed by atoms with E-state index in [0.717, 1.165) is 5.56 Å². The number of rotatable bonds is 7. The Labute approximate surface area is 225 Å². The molecule has 184 valence electrons. The molecule has 0 unspecified atom stereocenters. The first kappa shape index (κ1) is 23.9. The minimum atomic E-state index is -0.733. The monoisotopic (exact) mass is 490 g/mol. The summed E-state index contributed by atoms with van der Waals surface area (Å²) in [6, 6.07) is 53.6. The average molecular weight is 491 g/mol. The Balaban J connectivity index is 1.82. The second-order valence-electron chi connectivity index (χ2n) is 9.44. The molecule has 0 fully saturated rings. The summed E-state index contributed by atoms with van der Waals surface area (Å²) >= 11 is 0. The van der Waals surface area contributed by atoms with Crippen molar-refractivity contribution in [2.75, 3.05) is 6.61 Å². The van der Waals surface area contributed by atoms with Crippen molar-refractivity contribution in [1.29, 1.82) is 0 Å². The third-order valence-electron chi connectivity index (χ3n) is 7.25. The molecule has 0 aromatic heterocycles. The van der Waals surface area contributed by atoms with Crippen molar-refractivity contribution in [3.8, 4) is 0 Å². The highest BCUT2D eigenvalue weighted by molar-refractivity contribution is 6.18. The van der Waals surface area contributed by atoms with Crippen LogP contribution < -0.4 is 0 Å². The van der Waals surface area contributed by atoms with E-state index in [1.165, 1.54) is 44.5 Å². The van der Waals surface area contributed by atoms with Crippen LogP contribution in [0.25, 0.3) is 16.7 Å². The van der Waals surface area contributed by atoms with Gasteiger partial charge in [-0.25, -0.2) is 0 Å². The normalized spacial score (nSPS) is 16.7. The molecule has 1 aliphatic carbocycles. The van der Waals surface area contributed by atoms with Crippen LogP contribution in [-0.2, 0) is 10.3 Å². The number of hydrogen-bond donors (Lipinski definition) is 0. The number of hydrogen-bond acceptors (Lipinski definition) is 1. The van der Waals surface area contributed by atoms with Crippen molar-refractivity contribution in [3.05, 3.63) is 185 Å². The van der Waals surface area contributed by atoms with Gasteiger partial charge in [-0.3, -0.25) is 0 Å². The molecule has 0 spiro atoms. The predicted molar refractivity (Wildman–Crippen MR) is 158 cm³/mol. The zero-order chi connectivity index (χ0) is 25.8. The Hall–Kier alpha value is -4.46. The van der Waals surface area contributed by atoms with Gasteiger partial charge in [0.25, 0.3) is 0 Å². The van der Waals surface area contributed by atoms with Crippen LogP contribution >= 0.6 is 0 Å². The highest BCUT2D eigenvalue weighted by Crippen LogP contribution is 2.64. The average Bonchev–Trinajstić information content (AvgIpc) is 2.99. The Kier molecular flexibility index (Phi) is 6.60. The minimum absolute atomic E-state index is 0.577. The zero-order valence-electron chi connectivity index (χ0n) is 21.5. The molecule has 6 rings (SSSR count). The van der Waals surface area contributed by atoms with Gasteiger partial charge in [-0.2, -0.15) is 0 Å². The van der Waals surface area contributed by atoms with Crippen LogP contribution in [0, 0.1) is 0 Å². The summed E-state index contributed by atoms with van der Waals surface area (Å²) in [7, 11) is 0. The molecule has 5 aromatic rings. The summed E-state index contributed by atoms with van der Waals surface area (Å²) in [4.78, 5) is 0. The fourth-order valence-corrected chi connectivity index (χ4v) is 5.76. The highest BCUT2D eigenvalue weighted by Gasteiger charge is 2.54. The zero-order valence-corrected chi connectivity index (χ0v) is 21.5. The fraction of sp³-hybridized carbons (Fsp3) is 0.0811. The van der Waals surface area contributed by atoms with Gasteiger partial charge in [-0.05, 0) is 45.9 Å². The molecule has 0 N–H and O–H groups in total. The topological polar surface area (TPSA) is 9.23 Å². The van der Waals surface area contributed by atoms with E-state index in [2.05, 4.69) is 159 Å². The summed E-state index contributed by atoms with van der Waals surface area (Å²) in [6.07, 6.45) is 0. The van der Waals surface area contributed by atoms with Crippen molar-refractivity contribution in [3.63, 3.8) is 0 Å². The third-order valence-corrected chi connectivity index (χ3v) is 7.25. The molecule has 1 atom stereocenters. The first-order valence-electron chi connectivity index (χ1n) is 13.3. The summed E-state index contributed by atoms with van der Waals surface area (Å²) in [6.45, 7) is 2.67. The summed E-state index contributed by atoms with van der Waals surface area (Å²) < 4.78 is 6.99. The number of ether oxygens (including phenoxy) is 1. The third kappa shape index (κ3) is 4.02. The van der Waals surface area contributed by atoms with E-state index in [-0.39, 0.29) is 0 Å². The van der Waals surface area contributed by atoms with Gasteiger partial charge in [-0.1, -0.05) is 152 Å². The van der Waals surface area contributed by atoms with Gasteiger partial charge in [0.05, 0.1) is 0 Å². The van der Waals surface area contributed by atoms with E-state index in [1.54, 1.807) is 0 Å². The molecule has 0 bridgehead atoms. The largest absolute Gasteiger partial charge is 0.361 e. The van der Waals surface area contributed by atoms with Crippen molar-refractivity contribution < 1.29 is 4.74 Å². The van der Waals surface area contributed by atoms with Crippen LogP contribution in [0.3, 0.4) is 0 Å². The fourth-order valence-electron chi connectivity index (χ4n) is 5.76. The SMILES string of the molecule is CCO[C@]1(c2ccccc2)C(=C(c2ccccc2)c2ccccc2)C(c2ccccc2)=C1c1ccccc1. The molecule has 38 heavy (non-hydrogen) atoms. The quantitative estimate of drug-likeness (QED) is 0.221. The molecular formula is C37H30O. The lowest BCUT2D eigenvalue weighted by molar-refractivity contribution is 0.0304. The molecular weight excluding hydrogens is 460 g/mol. The maximum Gasteiger partial charge on any atom is 0.146 e. The lowest BCUT2D eigenvalue weighted by Gasteiger charge is -2.50. The molecule has 0 radical (unpaired) electrons. The smallest absolute Gasteiger partial charge is 0.146 e. The molecule has 5 aromatic carbocycles. The summed E-state index contributed by atoms with van der Waals surface area (Å²) in [5.41, 5.74) is 9.96. The van der Waals surface area contributed by atoms with Crippen molar-refractivity contribution in [2.24, 2.45) is 0 Å². The first-order valence-corrected chi connectivity index (χ1v) is 13.3. The first-order chi connectivity index (χ1) is 18.8. The summed E-state index contributed by atoms with van der Waals surface area (Å²) in [5, 5.41) is 0. The van der Waals surface area contributed by atoms with Crippen molar-refractivity contribution in [1.82, 2.24) is 0 Å². The lowest BCUT2D eigenvalue weighted by Crippen LogP contribution is -2.43. The molecule has 1 nitrogen and oxygen atoms in total.